The molecule has 1 aromatic carbocycles. The molecular weight excluding hydrogens is 347 g/mol. The van der Waals surface area contributed by atoms with Gasteiger partial charge in [-0.3, -0.25) is 9.89 Å². The van der Waals surface area contributed by atoms with Crippen molar-refractivity contribution in [3.8, 4) is 0 Å². The van der Waals surface area contributed by atoms with E-state index in [4.69, 9.17) is 9.47 Å². The van der Waals surface area contributed by atoms with Gasteiger partial charge in [0.1, 0.15) is 5.82 Å². The molecule has 1 heterocycles. The molecule has 1 aromatic rings. The second-order valence-electron chi connectivity index (χ2n) is 6.50. The highest BCUT2D eigenvalue weighted by molar-refractivity contribution is 5.79. The summed E-state index contributed by atoms with van der Waals surface area (Å²) in [5.41, 5.74) is 0.969. The minimum Gasteiger partial charge on any atom is -0.382 e. The van der Waals surface area contributed by atoms with Gasteiger partial charge in [-0.05, 0) is 37.5 Å². The largest absolute Gasteiger partial charge is 0.382 e. The van der Waals surface area contributed by atoms with Crippen LogP contribution in [0.4, 0.5) is 4.39 Å². The molecule has 2 N–H and O–H groups in total. The van der Waals surface area contributed by atoms with E-state index in [9.17, 15) is 4.39 Å². The van der Waals surface area contributed by atoms with Crippen molar-refractivity contribution in [1.29, 1.82) is 0 Å². The number of benzene rings is 1. The van der Waals surface area contributed by atoms with Crippen LogP contribution >= 0.6 is 0 Å². The first-order chi connectivity index (χ1) is 13.2. The van der Waals surface area contributed by atoms with Crippen LogP contribution in [-0.4, -0.2) is 70.5 Å². The topological polar surface area (TPSA) is 58.1 Å². The summed E-state index contributed by atoms with van der Waals surface area (Å²) in [6, 6.07) is 6.92. The van der Waals surface area contributed by atoms with Gasteiger partial charge in [-0.15, -0.1) is 0 Å². The van der Waals surface area contributed by atoms with E-state index in [0.29, 0.717) is 19.8 Å². The Morgan fingerprint density at radius 2 is 2.11 bits per heavy atom. The van der Waals surface area contributed by atoms with Crippen LogP contribution in [0.15, 0.2) is 29.3 Å². The number of halogens is 1. The van der Waals surface area contributed by atoms with Crippen molar-refractivity contribution in [3.05, 3.63) is 35.6 Å². The fraction of sp³-hybridized carbons (Fsp3) is 0.650. The van der Waals surface area contributed by atoms with Crippen LogP contribution in [-0.2, 0) is 9.47 Å². The Balaban J connectivity index is 1.88. The first-order valence-corrected chi connectivity index (χ1v) is 9.84. The van der Waals surface area contributed by atoms with E-state index < -0.39 is 0 Å². The van der Waals surface area contributed by atoms with Crippen LogP contribution in [0.3, 0.4) is 0 Å². The molecule has 0 amide bonds. The molecule has 0 aliphatic carbocycles. The molecule has 1 atom stereocenters. The smallest absolute Gasteiger partial charge is 0.191 e. The number of hydrogen-bond donors (Lipinski definition) is 2. The Kier molecular flexibility index (Phi) is 10.1. The van der Waals surface area contributed by atoms with Crippen molar-refractivity contribution in [2.45, 2.75) is 25.8 Å². The summed E-state index contributed by atoms with van der Waals surface area (Å²) in [5.74, 6) is 0.559. The quantitative estimate of drug-likeness (QED) is 0.370. The molecule has 0 bridgehead atoms. The highest BCUT2D eigenvalue weighted by Gasteiger charge is 2.23. The zero-order chi connectivity index (χ0) is 19.3. The monoisotopic (exact) mass is 380 g/mol. The van der Waals surface area contributed by atoms with E-state index in [-0.39, 0.29) is 11.9 Å². The zero-order valence-electron chi connectivity index (χ0n) is 16.5. The van der Waals surface area contributed by atoms with E-state index in [1.54, 1.807) is 19.2 Å². The molecule has 1 saturated heterocycles. The second kappa shape index (κ2) is 12.6. The van der Waals surface area contributed by atoms with E-state index in [1.165, 1.54) is 6.07 Å². The third-order valence-electron chi connectivity index (χ3n) is 4.62. The van der Waals surface area contributed by atoms with Gasteiger partial charge in [-0.1, -0.05) is 12.1 Å². The van der Waals surface area contributed by atoms with Crippen LogP contribution < -0.4 is 10.6 Å². The molecule has 0 spiro atoms. The normalized spacial score (nSPS) is 16.9. The molecule has 1 unspecified atom stereocenters. The Hall–Kier alpha value is -1.70. The van der Waals surface area contributed by atoms with Gasteiger partial charge >= 0.3 is 0 Å². The number of aliphatic imine (C=N–C) groups is 1. The van der Waals surface area contributed by atoms with Crippen molar-refractivity contribution >= 4 is 5.96 Å². The Morgan fingerprint density at radius 3 is 2.81 bits per heavy atom. The number of ether oxygens (including phenoxy) is 2. The molecule has 6 nitrogen and oxygen atoms in total. The summed E-state index contributed by atoms with van der Waals surface area (Å²) in [6.07, 6.45) is 2.05. The third-order valence-corrected chi connectivity index (χ3v) is 4.62. The highest BCUT2D eigenvalue weighted by atomic mass is 19.1. The molecule has 0 aromatic heterocycles. The lowest BCUT2D eigenvalue weighted by Gasteiger charge is -2.35. The molecule has 1 aliphatic rings. The molecule has 0 radical (unpaired) electrons. The second-order valence-corrected chi connectivity index (χ2v) is 6.50. The van der Waals surface area contributed by atoms with Crippen molar-refractivity contribution < 1.29 is 13.9 Å². The maximum absolute atomic E-state index is 13.7. The maximum Gasteiger partial charge on any atom is 0.191 e. The summed E-state index contributed by atoms with van der Waals surface area (Å²) < 4.78 is 24.6. The molecular formula is C20H33FN4O2. The number of nitrogens with one attached hydrogen (secondary N) is 2. The Labute approximate surface area is 162 Å². The van der Waals surface area contributed by atoms with Crippen molar-refractivity contribution in [2.75, 3.05) is 59.7 Å². The molecule has 1 aliphatic heterocycles. The fourth-order valence-electron chi connectivity index (χ4n) is 3.15. The molecule has 1 fully saturated rings. The van der Waals surface area contributed by atoms with E-state index >= 15 is 0 Å². The lowest BCUT2D eigenvalue weighted by Crippen LogP contribution is -2.46. The van der Waals surface area contributed by atoms with Gasteiger partial charge in [-0.25, -0.2) is 4.39 Å². The zero-order valence-corrected chi connectivity index (χ0v) is 16.5. The van der Waals surface area contributed by atoms with Crippen LogP contribution in [0, 0.1) is 5.82 Å². The molecule has 0 saturated carbocycles. The van der Waals surface area contributed by atoms with E-state index in [1.807, 2.05) is 13.0 Å². The number of unbranched alkanes of at least 4 members (excludes halogenated alkanes) is 1. The van der Waals surface area contributed by atoms with Crippen LogP contribution in [0.25, 0.3) is 0 Å². The number of hydrogen-bond acceptors (Lipinski definition) is 4. The van der Waals surface area contributed by atoms with Gasteiger partial charge in [0.15, 0.2) is 5.96 Å². The Bertz CT molecular complexity index is 565. The van der Waals surface area contributed by atoms with Gasteiger partial charge in [0.05, 0.1) is 19.3 Å². The first kappa shape index (κ1) is 21.6. The third kappa shape index (κ3) is 7.82. The summed E-state index contributed by atoms with van der Waals surface area (Å²) >= 11 is 0. The van der Waals surface area contributed by atoms with E-state index in [2.05, 4.69) is 20.5 Å². The summed E-state index contributed by atoms with van der Waals surface area (Å²) in [5, 5.41) is 6.72. The fourth-order valence-corrected chi connectivity index (χ4v) is 3.15. The summed E-state index contributed by atoms with van der Waals surface area (Å²) in [6.45, 7) is 8.16. The molecule has 152 valence electrons. The number of nitrogens with zero attached hydrogens (tertiary/aromatic N) is 2. The standard InChI is InChI=1S/C20H33FN4O2/c1-3-26-12-5-4-9-23-20(22-2)24-16-19(25-10-13-27-14-11-25)17-7-6-8-18(21)15-17/h6-8,15,19H,3-5,9-14,16H2,1-2H3,(H2,22,23,24). The summed E-state index contributed by atoms with van der Waals surface area (Å²) in [7, 11) is 1.77. The van der Waals surface area contributed by atoms with Crippen molar-refractivity contribution in [1.82, 2.24) is 15.5 Å². The number of guanidine groups is 1. The lowest BCUT2D eigenvalue weighted by atomic mass is 10.0. The summed E-state index contributed by atoms with van der Waals surface area (Å²) in [4.78, 5) is 6.63. The average molecular weight is 381 g/mol. The van der Waals surface area contributed by atoms with E-state index in [0.717, 1.165) is 57.2 Å². The minimum atomic E-state index is -0.206. The van der Waals surface area contributed by atoms with Crippen LogP contribution in [0.5, 0.6) is 0 Å². The highest BCUT2D eigenvalue weighted by Crippen LogP contribution is 2.22. The predicted octanol–water partition coefficient (Wildman–Crippen LogP) is 2.18. The number of rotatable bonds is 10. The molecule has 2 rings (SSSR count). The lowest BCUT2D eigenvalue weighted by molar-refractivity contribution is 0.0169. The maximum atomic E-state index is 13.7. The van der Waals surface area contributed by atoms with Gasteiger partial charge in [-0.2, -0.15) is 0 Å². The van der Waals surface area contributed by atoms with Crippen LogP contribution in [0.1, 0.15) is 31.4 Å². The molecule has 7 heteroatoms. The first-order valence-electron chi connectivity index (χ1n) is 9.84. The van der Waals surface area contributed by atoms with Crippen molar-refractivity contribution in [3.63, 3.8) is 0 Å². The SMILES string of the molecule is CCOCCCCNC(=NC)NCC(c1cccc(F)c1)N1CCOCC1. The van der Waals surface area contributed by atoms with Gasteiger partial charge in [0.25, 0.3) is 0 Å². The van der Waals surface area contributed by atoms with Gasteiger partial charge in [0, 0.05) is 46.4 Å². The number of morpholine rings is 1. The van der Waals surface area contributed by atoms with Crippen LogP contribution in [0.2, 0.25) is 0 Å². The Morgan fingerprint density at radius 1 is 1.30 bits per heavy atom. The predicted molar refractivity (Wildman–Crippen MR) is 107 cm³/mol. The van der Waals surface area contributed by atoms with Gasteiger partial charge in [0.2, 0.25) is 0 Å². The molecule has 27 heavy (non-hydrogen) atoms. The van der Waals surface area contributed by atoms with Gasteiger partial charge < -0.3 is 20.1 Å². The average Bonchev–Trinajstić information content (AvgIpc) is 2.70. The van der Waals surface area contributed by atoms with Crippen molar-refractivity contribution in [2.24, 2.45) is 4.99 Å². The minimum absolute atomic E-state index is 0.0705.